The summed E-state index contributed by atoms with van der Waals surface area (Å²) < 4.78 is 5.48. The van der Waals surface area contributed by atoms with Crippen LogP contribution >= 0.6 is 0 Å². The number of imide groups is 1. The van der Waals surface area contributed by atoms with Crippen molar-refractivity contribution in [3.05, 3.63) is 48.6 Å². The van der Waals surface area contributed by atoms with E-state index in [1.165, 1.54) is 12.2 Å². The van der Waals surface area contributed by atoms with Gasteiger partial charge in [-0.05, 0) is 56.4 Å². The van der Waals surface area contributed by atoms with Gasteiger partial charge in [-0.15, -0.1) is 0 Å². The summed E-state index contributed by atoms with van der Waals surface area (Å²) >= 11 is 0. The maximum atomic E-state index is 12.0. The van der Waals surface area contributed by atoms with Gasteiger partial charge in [0, 0.05) is 17.8 Å². The number of amides is 3. The topological polar surface area (TPSA) is 75.7 Å². The van der Waals surface area contributed by atoms with Crippen molar-refractivity contribution in [2.45, 2.75) is 38.2 Å². The highest BCUT2D eigenvalue weighted by Crippen LogP contribution is 2.22. The second-order valence-electron chi connectivity index (χ2n) is 6.02. The Kier molecular flexibility index (Phi) is 5.28. The zero-order chi connectivity index (χ0) is 17.6. The molecule has 130 valence electrons. The van der Waals surface area contributed by atoms with E-state index in [9.17, 15) is 14.4 Å². The van der Waals surface area contributed by atoms with E-state index in [4.69, 9.17) is 4.74 Å². The summed E-state index contributed by atoms with van der Waals surface area (Å²) in [5.74, 6) is -0.744. The lowest BCUT2D eigenvalue weighted by atomic mass is 10.0. The SMILES string of the molecule is O=C(Nc1ccc(N2C(=O)C=CC2=O)cc1)O[C@@H]1CC/C=C/CCC1. The van der Waals surface area contributed by atoms with E-state index in [1.54, 1.807) is 24.3 Å². The quantitative estimate of drug-likeness (QED) is 0.674. The van der Waals surface area contributed by atoms with E-state index in [0.29, 0.717) is 11.4 Å². The number of benzene rings is 1. The zero-order valence-corrected chi connectivity index (χ0v) is 13.8. The van der Waals surface area contributed by atoms with Crippen LogP contribution in [0.5, 0.6) is 0 Å². The minimum Gasteiger partial charge on any atom is -0.446 e. The number of rotatable bonds is 3. The molecule has 2 aliphatic rings. The van der Waals surface area contributed by atoms with Crippen LogP contribution in [0, 0.1) is 0 Å². The molecule has 3 rings (SSSR count). The lowest BCUT2D eigenvalue weighted by Gasteiger charge is -2.19. The van der Waals surface area contributed by atoms with Gasteiger partial charge in [0.25, 0.3) is 11.8 Å². The summed E-state index contributed by atoms with van der Waals surface area (Å²) in [4.78, 5) is 36.4. The van der Waals surface area contributed by atoms with E-state index < -0.39 is 6.09 Å². The summed E-state index contributed by atoms with van der Waals surface area (Å²) in [6.45, 7) is 0. The monoisotopic (exact) mass is 340 g/mol. The molecule has 0 bridgehead atoms. The van der Waals surface area contributed by atoms with E-state index in [2.05, 4.69) is 17.5 Å². The van der Waals surface area contributed by atoms with Gasteiger partial charge < -0.3 is 4.74 Å². The van der Waals surface area contributed by atoms with Gasteiger partial charge in [-0.3, -0.25) is 14.9 Å². The lowest BCUT2D eigenvalue weighted by Crippen LogP contribution is -2.29. The molecule has 1 aliphatic carbocycles. The molecule has 0 unspecified atom stereocenters. The molecule has 6 heteroatoms. The maximum absolute atomic E-state index is 12.0. The number of carbonyl (C=O) groups excluding carboxylic acids is 3. The Balaban J connectivity index is 1.56. The summed E-state index contributed by atoms with van der Waals surface area (Å²) in [6, 6.07) is 6.49. The van der Waals surface area contributed by atoms with Crippen molar-refractivity contribution in [3.63, 3.8) is 0 Å². The number of hydrogen-bond donors (Lipinski definition) is 1. The average Bonchev–Trinajstić information content (AvgIpc) is 2.90. The van der Waals surface area contributed by atoms with Crippen LogP contribution in [0.1, 0.15) is 32.1 Å². The Morgan fingerprint density at radius 3 is 2.40 bits per heavy atom. The largest absolute Gasteiger partial charge is 0.446 e. The Bertz CT molecular complexity index is 703. The fourth-order valence-electron chi connectivity index (χ4n) is 2.89. The summed E-state index contributed by atoms with van der Waals surface area (Å²) in [6.07, 6.45) is 10.8. The number of allylic oxidation sites excluding steroid dienone is 2. The Hall–Kier alpha value is -2.89. The maximum Gasteiger partial charge on any atom is 0.411 e. The second-order valence-corrected chi connectivity index (χ2v) is 6.02. The minimum absolute atomic E-state index is 0.0739. The predicted molar refractivity (Wildman–Crippen MR) is 94.2 cm³/mol. The van der Waals surface area contributed by atoms with Gasteiger partial charge >= 0.3 is 6.09 Å². The van der Waals surface area contributed by atoms with Gasteiger partial charge in [-0.25, -0.2) is 9.69 Å². The zero-order valence-electron chi connectivity index (χ0n) is 13.8. The highest BCUT2D eigenvalue weighted by molar-refractivity contribution is 6.28. The Labute approximate surface area is 146 Å². The van der Waals surface area contributed by atoms with Gasteiger partial charge in [0.15, 0.2) is 0 Å². The van der Waals surface area contributed by atoms with Crippen LogP contribution in [0.25, 0.3) is 0 Å². The normalized spacial score (nSPS) is 21.6. The molecule has 0 spiro atoms. The lowest BCUT2D eigenvalue weighted by molar-refractivity contribution is -0.119. The molecule has 0 fully saturated rings. The van der Waals surface area contributed by atoms with Crippen molar-refractivity contribution in [2.75, 3.05) is 10.2 Å². The van der Waals surface area contributed by atoms with Gasteiger partial charge in [0.1, 0.15) is 6.10 Å². The molecule has 1 atom stereocenters. The molecule has 1 N–H and O–H groups in total. The van der Waals surface area contributed by atoms with Crippen LogP contribution in [0.15, 0.2) is 48.6 Å². The van der Waals surface area contributed by atoms with Gasteiger partial charge in [-0.2, -0.15) is 0 Å². The molecular weight excluding hydrogens is 320 g/mol. The molecule has 25 heavy (non-hydrogen) atoms. The summed E-state index contributed by atoms with van der Waals surface area (Å²) in [5.41, 5.74) is 1.01. The number of anilines is 2. The highest BCUT2D eigenvalue weighted by atomic mass is 16.6. The van der Waals surface area contributed by atoms with Crippen molar-refractivity contribution >= 4 is 29.3 Å². The van der Waals surface area contributed by atoms with Crippen LogP contribution in [-0.2, 0) is 14.3 Å². The molecule has 1 aromatic rings. The molecule has 0 aromatic heterocycles. The van der Waals surface area contributed by atoms with Crippen molar-refractivity contribution in [1.82, 2.24) is 0 Å². The first-order valence-corrected chi connectivity index (χ1v) is 8.42. The first kappa shape index (κ1) is 17.0. The molecule has 1 aliphatic heterocycles. The van der Waals surface area contributed by atoms with E-state index >= 15 is 0 Å². The number of ether oxygens (including phenoxy) is 1. The van der Waals surface area contributed by atoms with Crippen LogP contribution < -0.4 is 10.2 Å². The first-order chi connectivity index (χ1) is 12.1. The number of carbonyl (C=O) groups is 3. The summed E-state index contributed by atoms with van der Waals surface area (Å²) in [7, 11) is 0. The highest BCUT2D eigenvalue weighted by Gasteiger charge is 2.25. The van der Waals surface area contributed by atoms with Crippen molar-refractivity contribution < 1.29 is 19.1 Å². The standard InChI is InChI=1S/C19H20N2O4/c22-17-12-13-18(23)21(17)15-10-8-14(9-11-15)20-19(24)25-16-6-4-2-1-3-5-7-16/h1-2,8-13,16H,3-7H2,(H,20,24)/b2-1+/t16-/m1/s1. The molecule has 0 saturated carbocycles. The van der Waals surface area contributed by atoms with Crippen LogP contribution in [-0.4, -0.2) is 24.0 Å². The first-order valence-electron chi connectivity index (χ1n) is 8.42. The molecule has 1 aromatic carbocycles. The van der Waals surface area contributed by atoms with Gasteiger partial charge in [0.2, 0.25) is 0 Å². The van der Waals surface area contributed by atoms with Crippen molar-refractivity contribution in [2.24, 2.45) is 0 Å². The number of nitrogens with one attached hydrogen (secondary N) is 1. The van der Waals surface area contributed by atoms with Crippen molar-refractivity contribution in [3.8, 4) is 0 Å². The number of hydrogen-bond acceptors (Lipinski definition) is 4. The molecule has 3 amide bonds. The molecule has 0 radical (unpaired) electrons. The van der Waals surface area contributed by atoms with Crippen molar-refractivity contribution in [1.29, 1.82) is 0 Å². The third-order valence-electron chi connectivity index (χ3n) is 4.17. The molecule has 1 heterocycles. The fraction of sp³-hybridized carbons (Fsp3) is 0.316. The Morgan fingerprint density at radius 2 is 1.68 bits per heavy atom. The third kappa shape index (κ3) is 4.35. The minimum atomic E-state index is -0.489. The van der Waals surface area contributed by atoms with Crippen LogP contribution in [0.3, 0.4) is 0 Å². The van der Waals surface area contributed by atoms with Crippen LogP contribution in [0.2, 0.25) is 0 Å². The smallest absolute Gasteiger partial charge is 0.411 e. The van der Waals surface area contributed by atoms with Gasteiger partial charge in [0.05, 0.1) is 5.69 Å². The number of nitrogens with zero attached hydrogens (tertiary/aromatic N) is 1. The molecular formula is C19H20N2O4. The van der Waals surface area contributed by atoms with E-state index in [-0.39, 0.29) is 17.9 Å². The Morgan fingerprint density at radius 1 is 1.00 bits per heavy atom. The average molecular weight is 340 g/mol. The van der Waals surface area contributed by atoms with Crippen LogP contribution in [0.4, 0.5) is 16.2 Å². The molecule has 6 nitrogen and oxygen atoms in total. The third-order valence-corrected chi connectivity index (χ3v) is 4.17. The molecule has 0 saturated heterocycles. The predicted octanol–water partition coefficient (Wildman–Crippen LogP) is 3.55. The van der Waals surface area contributed by atoms with Gasteiger partial charge in [-0.1, -0.05) is 12.2 Å². The summed E-state index contributed by atoms with van der Waals surface area (Å²) in [5, 5.41) is 2.68. The van der Waals surface area contributed by atoms with E-state index in [1.807, 2.05) is 0 Å². The second kappa shape index (κ2) is 7.79. The van der Waals surface area contributed by atoms with E-state index in [0.717, 1.165) is 37.0 Å². The fourth-order valence-corrected chi connectivity index (χ4v) is 2.89.